The Balaban J connectivity index is 1.30. The van der Waals surface area contributed by atoms with Crippen LogP contribution in [-0.4, -0.2) is 37.5 Å². The number of anilines is 3. The molecule has 0 bridgehead atoms. The molecule has 3 heterocycles. The maximum absolute atomic E-state index is 15.1. The molecule has 0 radical (unpaired) electrons. The largest absolute Gasteiger partial charge is 0.454 e. The lowest BCUT2D eigenvalue weighted by Gasteiger charge is -2.08. The molecule has 11 heteroatoms. The highest BCUT2D eigenvalue weighted by atomic mass is 19.1. The lowest BCUT2D eigenvalue weighted by Crippen LogP contribution is -2.17. The molecule has 188 valence electrons. The Morgan fingerprint density at radius 3 is 2.63 bits per heavy atom. The number of nitrogen functional groups attached to an aromatic ring is 1. The van der Waals surface area contributed by atoms with Crippen LogP contribution in [0.5, 0.6) is 11.5 Å². The molecule has 38 heavy (non-hydrogen) atoms. The van der Waals surface area contributed by atoms with E-state index in [4.69, 9.17) is 10.5 Å². The SMILES string of the molecule is CNC(=O)c1cn2ncnc(N)c2c1-c1ccc(Nc2nc3ccc(Oc4ccccc4)c(F)c3[nH]2)cc1. The molecular formula is C27H21FN8O2. The van der Waals surface area contributed by atoms with Crippen molar-refractivity contribution >= 4 is 39.9 Å². The Bertz CT molecular complexity index is 1800. The number of benzene rings is 3. The molecule has 0 unspecified atom stereocenters. The highest BCUT2D eigenvalue weighted by molar-refractivity contribution is 6.07. The molecule has 0 fully saturated rings. The van der Waals surface area contributed by atoms with E-state index in [1.165, 1.54) is 10.8 Å². The predicted octanol–water partition coefficient (Wildman–Crippen LogP) is 4.89. The van der Waals surface area contributed by atoms with Crippen LogP contribution in [0.25, 0.3) is 27.7 Å². The number of aromatic amines is 1. The predicted molar refractivity (Wildman–Crippen MR) is 142 cm³/mol. The number of halogens is 1. The molecule has 0 aliphatic heterocycles. The van der Waals surface area contributed by atoms with E-state index in [2.05, 4.69) is 30.7 Å². The normalized spacial score (nSPS) is 11.1. The summed E-state index contributed by atoms with van der Waals surface area (Å²) in [7, 11) is 1.56. The number of amides is 1. The van der Waals surface area contributed by atoms with Gasteiger partial charge in [-0.05, 0) is 42.0 Å². The first-order chi connectivity index (χ1) is 18.5. The second-order valence-corrected chi connectivity index (χ2v) is 8.41. The van der Waals surface area contributed by atoms with E-state index in [1.54, 1.807) is 37.5 Å². The van der Waals surface area contributed by atoms with Crippen molar-refractivity contribution in [2.24, 2.45) is 0 Å². The van der Waals surface area contributed by atoms with Crippen molar-refractivity contribution in [2.75, 3.05) is 18.1 Å². The molecule has 0 aliphatic carbocycles. The van der Waals surface area contributed by atoms with Gasteiger partial charge in [-0.15, -0.1) is 0 Å². The van der Waals surface area contributed by atoms with Crippen molar-refractivity contribution < 1.29 is 13.9 Å². The minimum Gasteiger partial charge on any atom is -0.454 e. The number of para-hydroxylation sites is 1. The number of nitrogens with zero attached hydrogens (tertiary/aromatic N) is 4. The molecule has 10 nitrogen and oxygen atoms in total. The topological polar surface area (TPSA) is 135 Å². The number of nitrogens with two attached hydrogens (primary N) is 1. The van der Waals surface area contributed by atoms with Gasteiger partial charge in [0.15, 0.2) is 17.4 Å². The van der Waals surface area contributed by atoms with Crippen molar-refractivity contribution in [3.63, 3.8) is 0 Å². The van der Waals surface area contributed by atoms with Crippen molar-refractivity contribution in [1.29, 1.82) is 0 Å². The van der Waals surface area contributed by atoms with Gasteiger partial charge in [0.1, 0.15) is 23.1 Å². The zero-order valence-corrected chi connectivity index (χ0v) is 20.1. The fraction of sp³-hybridized carbons (Fsp3) is 0.0370. The molecule has 0 aliphatic rings. The number of aromatic nitrogens is 5. The maximum atomic E-state index is 15.1. The van der Waals surface area contributed by atoms with Crippen LogP contribution < -0.4 is 21.1 Å². The van der Waals surface area contributed by atoms with E-state index in [0.717, 1.165) is 5.56 Å². The Hall–Kier alpha value is -5.45. The molecule has 0 saturated heterocycles. The Labute approximate surface area is 215 Å². The van der Waals surface area contributed by atoms with Crippen molar-refractivity contribution in [3.05, 3.63) is 90.6 Å². The molecule has 0 atom stereocenters. The molecular weight excluding hydrogens is 487 g/mol. The molecule has 6 aromatic rings. The van der Waals surface area contributed by atoms with E-state index >= 15 is 4.39 Å². The highest BCUT2D eigenvalue weighted by Crippen LogP contribution is 2.34. The molecule has 3 aromatic heterocycles. The second-order valence-electron chi connectivity index (χ2n) is 8.41. The van der Waals surface area contributed by atoms with Gasteiger partial charge in [0.05, 0.1) is 11.1 Å². The van der Waals surface area contributed by atoms with E-state index in [0.29, 0.717) is 39.5 Å². The summed E-state index contributed by atoms with van der Waals surface area (Å²) < 4.78 is 22.3. The smallest absolute Gasteiger partial charge is 0.253 e. The zero-order chi connectivity index (χ0) is 26.2. The van der Waals surface area contributed by atoms with Gasteiger partial charge in [-0.25, -0.2) is 18.9 Å². The summed E-state index contributed by atoms with van der Waals surface area (Å²) in [5.41, 5.74) is 9.81. The van der Waals surface area contributed by atoms with Gasteiger partial charge in [-0.2, -0.15) is 5.10 Å². The van der Waals surface area contributed by atoms with Gasteiger partial charge >= 0.3 is 0 Å². The monoisotopic (exact) mass is 508 g/mol. The van der Waals surface area contributed by atoms with Crippen molar-refractivity contribution in [2.45, 2.75) is 0 Å². The molecule has 0 saturated carbocycles. The van der Waals surface area contributed by atoms with Crippen LogP contribution in [0.4, 0.5) is 21.8 Å². The van der Waals surface area contributed by atoms with E-state index in [1.807, 2.05) is 42.5 Å². The number of nitrogens with one attached hydrogen (secondary N) is 3. The fourth-order valence-electron chi connectivity index (χ4n) is 4.27. The first kappa shape index (κ1) is 23.0. The molecule has 3 aromatic carbocycles. The van der Waals surface area contributed by atoms with Gasteiger partial charge in [0.25, 0.3) is 5.91 Å². The van der Waals surface area contributed by atoms with Crippen LogP contribution in [0.1, 0.15) is 10.4 Å². The van der Waals surface area contributed by atoms with Crippen LogP contribution in [0, 0.1) is 5.82 Å². The van der Waals surface area contributed by atoms with Gasteiger partial charge in [0.2, 0.25) is 5.95 Å². The Morgan fingerprint density at radius 2 is 1.87 bits per heavy atom. The average molecular weight is 509 g/mol. The van der Waals surface area contributed by atoms with E-state index in [-0.39, 0.29) is 23.0 Å². The highest BCUT2D eigenvalue weighted by Gasteiger charge is 2.21. The van der Waals surface area contributed by atoms with Crippen molar-refractivity contribution in [3.8, 4) is 22.6 Å². The standard InChI is InChI=1S/C27H21FN8O2/c1-30-26(37)18-13-36-24(25(29)31-14-32-36)21(18)15-7-9-16(10-8-15)33-27-34-19-11-12-20(22(28)23(19)35-27)38-17-5-3-2-4-6-17/h2-14H,1H3,(H,30,37)(H2,29,31,32)(H2,33,34,35). The number of H-pyrrole nitrogens is 1. The minimum absolute atomic E-state index is 0.0956. The summed E-state index contributed by atoms with van der Waals surface area (Å²) in [6.07, 6.45) is 2.95. The molecule has 0 spiro atoms. The number of imidazole rings is 1. The average Bonchev–Trinajstić information content (AvgIpc) is 3.54. The lowest BCUT2D eigenvalue weighted by molar-refractivity contribution is 0.0963. The number of ether oxygens (including phenoxy) is 1. The Morgan fingerprint density at radius 1 is 1.08 bits per heavy atom. The molecule has 5 N–H and O–H groups in total. The van der Waals surface area contributed by atoms with Gasteiger partial charge in [-0.1, -0.05) is 30.3 Å². The Kier molecular flexibility index (Phi) is 5.57. The third-order valence-electron chi connectivity index (χ3n) is 6.04. The van der Waals surface area contributed by atoms with Crippen LogP contribution in [-0.2, 0) is 0 Å². The first-order valence-corrected chi connectivity index (χ1v) is 11.6. The number of hydrogen-bond donors (Lipinski definition) is 4. The van der Waals surface area contributed by atoms with E-state index < -0.39 is 5.82 Å². The second kappa shape index (κ2) is 9.21. The number of carbonyl (C=O) groups is 1. The van der Waals surface area contributed by atoms with Gasteiger partial charge in [0, 0.05) is 24.5 Å². The number of carbonyl (C=O) groups excluding carboxylic acids is 1. The minimum atomic E-state index is -0.538. The van der Waals surface area contributed by atoms with Gasteiger partial charge < -0.3 is 26.1 Å². The quantitative estimate of drug-likeness (QED) is 0.252. The maximum Gasteiger partial charge on any atom is 0.253 e. The van der Waals surface area contributed by atoms with Crippen LogP contribution in [0.2, 0.25) is 0 Å². The third-order valence-corrected chi connectivity index (χ3v) is 6.04. The van der Waals surface area contributed by atoms with Gasteiger partial charge in [-0.3, -0.25) is 4.79 Å². The summed E-state index contributed by atoms with van der Waals surface area (Å²) in [4.78, 5) is 24.0. The lowest BCUT2D eigenvalue weighted by atomic mass is 10.0. The fourth-order valence-corrected chi connectivity index (χ4v) is 4.27. The van der Waals surface area contributed by atoms with Crippen LogP contribution in [0.3, 0.4) is 0 Å². The summed E-state index contributed by atoms with van der Waals surface area (Å²) in [6.45, 7) is 0. The number of hydrogen-bond acceptors (Lipinski definition) is 7. The molecule has 6 rings (SSSR count). The van der Waals surface area contributed by atoms with E-state index in [9.17, 15) is 4.79 Å². The number of fused-ring (bicyclic) bond motifs is 2. The molecule has 1 amide bonds. The van der Waals surface area contributed by atoms with Crippen LogP contribution in [0.15, 0.2) is 79.3 Å². The number of rotatable bonds is 6. The summed E-state index contributed by atoms with van der Waals surface area (Å²) in [5.74, 6) is 0.441. The zero-order valence-electron chi connectivity index (χ0n) is 20.1. The summed E-state index contributed by atoms with van der Waals surface area (Å²) in [5, 5.41) is 9.97. The van der Waals surface area contributed by atoms with Crippen molar-refractivity contribution in [1.82, 2.24) is 29.9 Å². The third kappa shape index (κ3) is 4.01. The first-order valence-electron chi connectivity index (χ1n) is 11.6. The summed E-state index contributed by atoms with van der Waals surface area (Å²) >= 11 is 0. The van der Waals surface area contributed by atoms with Crippen LogP contribution >= 0.6 is 0 Å². The summed E-state index contributed by atoms with van der Waals surface area (Å²) in [6, 6.07) is 19.5.